The minimum Gasteiger partial charge on any atom is -0.356 e. The Hall–Kier alpha value is -3.23. The maximum atomic E-state index is 13.3. The van der Waals surface area contributed by atoms with Crippen molar-refractivity contribution in [3.63, 3.8) is 0 Å². The standard InChI is InChI=1S/C23H29FN6O2/c1-14-18(15(2)29-28-14)13-23(32)30-9-6-16(7-10-30)11-22(31)25-8-5-21-26-19-4-3-17(24)12-20(19)27-21/h3-4,12,16H,5-11,13H2,1-2H3,(H,25,31)(H,26,27)(H,28,29). The van der Waals surface area contributed by atoms with Crippen LogP contribution in [0, 0.1) is 25.6 Å². The topological polar surface area (TPSA) is 107 Å². The Morgan fingerprint density at radius 1 is 1.25 bits per heavy atom. The van der Waals surface area contributed by atoms with Crippen LogP contribution in [0.3, 0.4) is 0 Å². The minimum atomic E-state index is -0.305. The van der Waals surface area contributed by atoms with E-state index in [4.69, 9.17) is 0 Å². The number of hydrogen-bond acceptors (Lipinski definition) is 4. The van der Waals surface area contributed by atoms with E-state index in [0.29, 0.717) is 49.9 Å². The van der Waals surface area contributed by atoms with Gasteiger partial charge in [0.2, 0.25) is 11.8 Å². The molecule has 32 heavy (non-hydrogen) atoms. The Kier molecular flexibility index (Phi) is 6.53. The number of halogens is 1. The zero-order valence-corrected chi connectivity index (χ0v) is 18.5. The van der Waals surface area contributed by atoms with Crippen LogP contribution in [-0.2, 0) is 22.4 Å². The summed E-state index contributed by atoms with van der Waals surface area (Å²) in [7, 11) is 0. The van der Waals surface area contributed by atoms with Gasteiger partial charge in [0, 0.05) is 43.7 Å². The zero-order valence-electron chi connectivity index (χ0n) is 18.5. The van der Waals surface area contributed by atoms with Crippen LogP contribution in [0.5, 0.6) is 0 Å². The molecule has 0 saturated carbocycles. The number of carbonyl (C=O) groups excluding carboxylic acids is 2. The van der Waals surface area contributed by atoms with Gasteiger partial charge in [-0.2, -0.15) is 5.10 Å². The van der Waals surface area contributed by atoms with Crippen LogP contribution >= 0.6 is 0 Å². The molecule has 0 unspecified atom stereocenters. The summed E-state index contributed by atoms with van der Waals surface area (Å²) < 4.78 is 13.3. The second-order valence-electron chi connectivity index (χ2n) is 8.56. The summed E-state index contributed by atoms with van der Waals surface area (Å²) in [6.45, 7) is 5.68. The van der Waals surface area contributed by atoms with Crippen LogP contribution in [0.15, 0.2) is 18.2 Å². The van der Waals surface area contributed by atoms with Crippen molar-refractivity contribution in [3.05, 3.63) is 46.8 Å². The molecular formula is C23H29FN6O2. The van der Waals surface area contributed by atoms with Crippen LogP contribution in [0.1, 0.15) is 42.0 Å². The van der Waals surface area contributed by atoms with Crippen molar-refractivity contribution in [2.24, 2.45) is 5.92 Å². The molecule has 3 aromatic rings. The molecule has 0 aliphatic carbocycles. The average Bonchev–Trinajstić information content (AvgIpc) is 3.31. The number of aromatic nitrogens is 4. The molecule has 1 aliphatic rings. The SMILES string of the molecule is Cc1n[nH]c(C)c1CC(=O)N1CCC(CC(=O)NCCc2nc3ccc(F)cc3[nH]2)CC1. The summed E-state index contributed by atoms with van der Waals surface area (Å²) in [6, 6.07) is 4.43. The number of aryl methyl sites for hydroxylation is 2. The third-order valence-corrected chi connectivity index (χ3v) is 6.23. The molecule has 8 nitrogen and oxygen atoms in total. The number of aromatic amines is 2. The molecule has 0 spiro atoms. The van der Waals surface area contributed by atoms with Gasteiger partial charge in [-0.05, 0) is 50.8 Å². The minimum absolute atomic E-state index is 0.0154. The highest BCUT2D eigenvalue weighted by molar-refractivity contribution is 5.79. The van der Waals surface area contributed by atoms with Crippen LogP contribution in [-0.4, -0.2) is 56.5 Å². The maximum absolute atomic E-state index is 13.3. The molecule has 0 atom stereocenters. The van der Waals surface area contributed by atoms with E-state index in [1.807, 2.05) is 18.7 Å². The van der Waals surface area contributed by atoms with Gasteiger partial charge in [-0.15, -0.1) is 0 Å². The van der Waals surface area contributed by atoms with E-state index in [0.717, 1.165) is 35.6 Å². The number of likely N-dealkylation sites (tertiary alicyclic amines) is 1. The number of imidazole rings is 1. The molecule has 4 rings (SSSR count). The quantitative estimate of drug-likeness (QED) is 0.525. The third-order valence-electron chi connectivity index (χ3n) is 6.23. The molecule has 0 radical (unpaired) electrons. The van der Waals surface area contributed by atoms with E-state index >= 15 is 0 Å². The molecule has 2 aromatic heterocycles. The lowest BCUT2D eigenvalue weighted by molar-refractivity contribution is -0.132. The molecular weight excluding hydrogens is 411 g/mol. The van der Waals surface area contributed by atoms with Crippen LogP contribution in [0.25, 0.3) is 11.0 Å². The summed E-state index contributed by atoms with van der Waals surface area (Å²) in [5, 5.41) is 10.0. The Morgan fingerprint density at radius 3 is 2.75 bits per heavy atom. The number of fused-ring (bicyclic) bond motifs is 1. The molecule has 3 heterocycles. The van der Waals surface area contributed by atoms with Crippen molar-refractivity contribution in [1.82, 2.24) is 30.4 Å². The average molecular weight is 441 g/mol. The lowest BCUT2D eigenvalue weighted by Crippen LogP contribution is -2.40. The normalized spacial score (nSPS) is 14.8. The highest BCUT2D eigenvalue weighted by Gasteiger charge is 2.25. The number of nitrogens with zero attached hydrogens (tertiary/aromatic N) is 3. The Morgan fingerprint density at radius 2 is 2.03 bits per heavy atom. The van der Waals surface area contributed by atoms with Gasteiger partial charge in [0.05, 0.1) is 23.1 Å². The number of carbonyl (C=O) groups is 2. The summed E-state index contributed by atoms with van der Waals surface area (Å²) in [5.74, 6) is 0.833. The monoisotopic (exact) mass is 440 g/mol. The highest BCUT2D eigenvalue weighted by Crippen LogP contribution is 2.22. The lowest BCUT2D eigenvalue weighted by Gasteiger charge is -2.32. The molecule has 2 amide bonds. The van der Waals surface area contributed by atoms with E-state index in [-0.39, 0.29) is 23.5 Å². The number of benzene rings is 1. The Balaban J connectivity index is 1.17. The number of nitrogens with one attached hydrogen (secondary N) is 3. The van der Waals surface area contributed by atoms with Gasteiger partial charge in [0.1, 0.15) is 11.6 Å². The third kappa shape index (κ3) is 5.15. The number of amides is 2. The fourth-order valence-corrected chi connectivity index (χ4v) is 4.29. The van der Waals surface area contributed by atoms with Crippen molar-refractivity contribution in [1.29, 1.82) is 0 Å². The fourth-order valence-electron chi connectivity index (χ4n) is 4.29. The first kappa shape index (κ1) is 22.0. The smallest absolute Gasteiger partial charge is 0.227 e. The van der Waals surface area contributed by atoms with Crippen LogP contribution < -0.4 is 5.32 Å². The Labute approximate surface area is 186 Å². The van der Waals surface area contributed by atoms with E-state index in [2.05, 4.69) is 25.5 Å². The van der Waals surface area contributed by atoms with Crippen molar-refractivity contribution in [3.8, 4) is 0 Å². The largest absolute Gasteiger partial charge is 0.356 e. The molecule has 170 valence electrons. The first-order valence-electron chi connectivity index (χ1n) is 11.1. The van der Waals surface area contributed by atoms with E-state index in [1.165, 1.54) is 12.1 Å². The molecule has 9 heteroatoms. The van der Waals surface area contributed by atoms with Gasteiger partial charge in [-0.1, -0.05) is 0 Å². The van der Waals surface area contributed by atoms with E-state index in [9.17, 15) is 14.0 Å². The van der Waals surface area contributed by atoms with Crippen molar-refractivity contribution in [2.75, 3.05) is 19.6 Å². The Bertz CT molecular complexity index is 1090. The molecule has 1 aromatic carbocycles. The van der Waals surface area contributed by atoms with Gasteiger partial charge in [0.15, 0.2) is 0 Å². The van der Waals surface area contributed by atoms with Crippen molar-refractivity contribution >= 4 is 22.8 Å². The number of hydrogen-bond donors (Lipinski definition) is 3. The molecule has 1 saturated heterocycles. The summed E-state index contributed by atoms with van der Waals surface area (Å²) in [5.41, 5.74) is 4.17. The first-order valence-corrected chi connectivity index (χ1v) is 11.1. The van der Waals surface area contributed by atoms with Gasteiger partial charge in [-0.3, -0.25) is 14.7 Å². The van der Waals surface area contributed by atoms with E-state index in [1.54, 1.807) is 6.07 Å². The maximum Gasteiger partial charge on any atom is 0.227 e. The zero-order chi connectivity index (χ0) is 22.7. The number of piperidine rings is 1. The predicted molar refractivity (Wildman–Crippen MR) is 118 cm³/mol. The van der Waals surface area contributed by atoms with Crippen molar-refractivity contribution in [2.45, 2.75) is 46.0 Å². The fraction of sp³-hybridized carbons (Fsp3) is 0.478. The predicted octanol–water partition coefficient (Wildman–Crippen LogP) is 2.57. The van der Waals surface area contributed by atoms with Gasteiger partial charge >= 0.3 is 0 Å². The summed E-state index contributed by atoms with van der Waals surface area (Å²) >= 11 is 0. The number of H-pyrrole nitrogens is 2. The second kappa shape index (κ2) is 9.50. The van der Waals surface area contributed by atoms with E-state index < -0.39 is 0 Å². The van der Waals surface area contributed by atoms with Gasteiger partial charge in [0.25, 0.3) is 0 Å². The summed E-state index contributed by atoms with van der Waals surface area (Å²) in [6.07, 6.45) is 3.05. The highest BCUT2D eigenvalue weighted by atomic mass is 19.1. The van der Waals surface area contributed by atoms with Gasteiger partial charge < -0.3 is 15.2 Å². The second-order valence-corrected chi connectivity index (χ2v) is 8.56. The number of rotatable bonds is 7. The van der Waals surface area contributed by atoms with Crippen molar-refractivity contribution < 1.29 is 14.0 Å². The van der Waals surface area contributed by atoms with Crippen LogP contribution in [0.2, 0.25) is 0 Å². The molecule has 1 aliphatic heterocycles. The summed E-state index contributed by atoms with van der Waals surface area (Å²) in [4.78, 5) is 34.4. The first-order chi connectivity index (χ1) is 15.4. The molecule has 3 N–H and O–H groups in total. The van der Waals surface area contributed by atoms with Gasteiger partial charge in [-0.25, -0.2) is 9.37 Å². The lowest BCUT2D eigenvalue weighted by atomic mass is 9.93. The molecule has 0 bridgehead atoms. The molecule has 1 fully saturated rings. The van der Waals surface area contributed by atoms with Crippen LogP contribution in [0.4, 0.5) is 4.39 Å².